The molecular formula is C10H21N3O. The molecule has 0 N–H and O–H groups in total. The predicted molar refractivity (Wildman–Crippen MR) is 57.4 cm³/mol. The van der Waals surface area contributed by atoms with E-state index in [1.807, 2.05) is 4.90 Å². The fraction of sp³-hybridized carbons (Fsp3) is 0.900. The maximum Gasteiger partial charge on any atom is 0.319 e. The molecular weight excluding hydrogens is 178 g/mol. The molecule has 0 atom stereocenters. The fourth-order valence-electron chi connectivity index (χ4n) is 1.76. The first kappa shape index (κ1) is 11.3. The van der Waals surface area contributed by atoms with Crippen LogP contribution in [0.5, 0.6) is 0 Å². The largest absolute Gasteiger partial charge is 0.331 e. The maximum atomic E-state index is 11.6. The lowest BCUT2D eigenvalue weighted by Crippen LogP contribution is -2.51. The van der Waals surface area contributed by atoms with E-state index in [-0.39, 0.29) is 6.03 Å². The number of carbonyl (C=O) groups excluding carboxylic acids is 1. The lowest BCUT2D eigenvalue weighted by molar-refractivity contribution is 0.123. The molecule has 1 heterocycles. The van der Waals surface area contributed by atoms with Gasteiger partial charge in [-0.1, -0.05) is 6.92 Å². The van der Waals surface area contributed by atoms with Crippen molar-refractivity contribution < 1.29 is 4.79 Å². The Hall–Kier alpha value is -0.770. The third kappa shape index (κ3) is 2.87. The minimum Gasteiger partial charge on any atom is -0.331 e. The third-order valence-electron chi connectivity index (χ3n) is 2.57. The summed E-state index contributed by atoms with van der Waals surface area (Å²) < 4.78 is 0. The molecule has 0 aromatic carbocycles. The fourth-order valence-corrected chi connectivity index (χ4v) is 1.76. The SMILES string of the molecule is CCCN1CCN(C(=O)N(C)C)CC1. The second kappa shape index (κ2) is 5.20. The monoisotopic (exact) mass is 199 g/mol. The van der Waals surface area contributed by atoms with Gasteiger partial charge in [-0.3, -0.25) is 4.90 Å². The van der Waals surface area contributed by atoms with Gasteiger partial charge < -0.3 is 9.80 Å². The third-order valence-corrected chi connectivity index (χ3v) is 2.57. The number of urea groups is 1. The first-order chi connectivity index (χ1) is 6.65. The zero-order valence-electron chi connectivity index (χ0n) is 9.49. The van der Waals surface area contributed by atoms with Gasteiger partial charge in [-0.05, 0) is 13.0 Å². The number of hydrogen-bond acceptors (Lipinski definition) is 2. The molecule has 2 amide bonds. The highest BCUT2D eigenvalue weighted by Gasteiger charge is 2.21. The summed E-state index contributed by atoms with van der Waals surface area (Å²) in [5.41, 5.74) is 0. The van der Waals surface area contributed by atoms with E-state index in [1.165, 1.54) is 6.42 Å². The minimum absolute atomic E-state index is 0.140. The highest BCUT2D eigenvalue weighted by Crippen LogP contribution is 2.04. The molecule has 4 nitrogen and oxygen atoms in total. The Bertz CT molecular complexity index is 186. The van der Waals surface area contributed by atoms with Gasteiger partial charge in [-0.25, -0.2) is 4.79 Å². The van der Waals surface area contributed by atoms with Crippen LogP contribution in [0.15, 0.2) is 0 Å². The van der Waals surface area contributed by atoms with Crippen molar-refractivity contribution in [1.82, 2.24) is 14.7 Å². The number of hydrogen-bond donors (Lipinski definition) is 0. The Balaban J connectivity index is 2.32. The average molecular weight is 199 g/mol. The molecule has 1 fully saturated rings. The first-order valence-electron chi connectivity index (χ1n) is 5.33. The van der Waals surface area contributed by atoms with Gasteiger partial charge in [0.05, 0.1) is 0 Å². The van der Waals surface area contributed by atoms with Gasteiger partial charge >= 0.3 is 6.03 Å². The number of piperazine rings is 1. The molecule has 0 radical (unpaired) electrons. The molecule has 0 aromatic heterocycles. The van der Waals surface area contributed by atoms with Gasteiger partial charge in [-0.2, -0.15) is 0 Å². The van der Waals surface area contributed by atoms with Gasteiger partial charge in [0.1, 0.15) is 0 Å². The van der Waals surface area contributed by atoms with Crippen LogP contribution in [0.25, 0.3) is 0 Å². The second-order valence-corrected chi connectivity index (χ2v) is 4.01. The Morgan fingerprint density at radius 2 is 1.79 bits per heavy atom. The molecule has 0 saturated carbocycles. The average Bonchev–Trinajstić information content (AvgIpc) is 2.18. The summed E-state index contributed by atoms with van der Waals surface area (Å²) in [5, 5.41) is 0. The van der Waals surface area contributed by atoms with E-state index < -0.39 is 0 Å². The van der Waals surface area contributed by atoms with E-state index >= 15 is 0 Å². The van der Waals surface area contributed by atoms with Crippen molar-refractivity contribution in [3.8, 4) is 0 Å². The highest BCUT2D eigenvalue weighted by atomic mass is 16.2. The standard InChI is InChI=1S/C10H21N3O/c1-4-5-12-6-8-13(9-7-12)10(14)11(2)3/h4-9H2,1-3H3. The summed E-state index contributed by atoms with van der Waals surface area (Å²) in [6.07, 6.45) is 1.20. The zero-order chi connectivity index (χ0) is 10.6. The smallest absolute Gasteiger partial charge is 0.319 e. The molecule has 82 valence electrons. The molecule has 0 spiro atoms. The molecule has 4 heteroatoms. The molecule has 0 unspecified atom stereocenters. The van der Waals surface area contributed by atoms with Crippen LogP contribution in [0, 0.1) is 0 Å². The van der Waals surface area contributed by atoms with E-state index in [0.29, 0.717) is 0 Å². The van der Waals surface area contributed by atoms with Crippen molar-refractivity contribution in [2.24, 2.45) is 0 Å². The molecule has 1 rings (SSSR count). The van der Waals surface area contributed by atoms with Crippen molar-refractivity contribution >= 4 is 6.03 Å². The number of carbonyl (C=O) groups is 1. The van der Waals surface area contributed by atoms with Crippen LogP contribution in [0.3, 0.4) is 0 Å². The normalized spacial score (nSPS) is 18.4. The molecule has 1 aliphatic rings. The van der Waals surface area contributed by atoms with E-state index in [4.69, 9.17) is 0 Å². The van der Waals surface area contributed by atoms with Gasteiger partial charge in [0.25, 0.3) is 0 Å². The van der Waals surface area contributed by atoms with Crippen LogP contribution in [0.1, 0.15) is 13.3 Å². The molecule has 14 heavy (non-hydrogen) atoms. The minimum atomic E-state index is 0.140. The van der Waals surface area contributed by atoms with Gasteiger partial charge in [0.15, 0.2) is 0 Å². The van der Waals surface area contributed by atoms with Crippen LogP contribution < -0.4 is 0 Å². The van der Waals surface area contributed by atoms with Crippen molar-refractivity contribution in [2.75, 3.05) is 46.8 Å². The topological polar surface area (TPSA) is 26.8 Å². The summed E-state index contributed by atoms with van der Waals surface area (Å²) in [6, 6.07) is 0.140. The summed E-state index contributed by atoms with van der Waals surface area (Å²) in [5.74, 6) is 0. The lowest BCUT2D eigenvalue weighted by atomic mass is 10.3. The Kier molecular flexibility index (Phi) is 4.20. The van der Waals surface area contributed by atoms with Crippen LogP contribution >= 0.6 is 0 Å². The number of nitrogens with zero attached hydrogens (tertiary/aromatic N) is 3. The second-order valence-electron chi connectivity index (χ2n) is 4.01. The Labute approximate surface area is 86.5 Å². The summed E-state index contributed by atoms with van der Waals surface area (Å²) in [4.78, 5) is 17.6. The molecule has 0 bridgehead atoms. The zero-order valence-corrected chi connectivity index (χ0v) is 9.49. The number of amides is 2. The van der Waals surface area contributed by atoms with Gasteiger partial charge in [0, 0.05) is 40.3 Å². The first-order valence-corrected chi connectivity index (χ1v) is 5.33. The Morgan fingerprint density at radius 1 is 1.21 bits per heavy atom. The van der Waals surface area contributed by atoms with Crippen LogP contribution in [0.4, 0.5) is 4.79 Å². The van der Waals surface area contributed by atoms with E-state index in [9.17, 15) is 4.79 Å². The van der Waals surface area contributed by atoms with Crippen LogP contribution in [-0.4, -0.2) is 67.5 Å². The quantitative estimate of drug-likeness (QED) is 0.654. The van der Waals surface area contributed by atoms with Crippen molar-refractivity contribution in [1.29, 1.82) is 0 Å². The van der Waals surface area contributed by atoms with Crippen molar-refractivity contribution in [3.05, 3.63) is 0 Å². The molecule has 1 saturated heterocycles. The lowest BCUT2D eigenvalue weighted by Gasteiger charge is -2.35. The van der Waals surface area contributed by atoms with Gasteiger partial charge in [0.2, 0.25) is 0 Å². The van der Waals surface area contributed by atoms with Crippen molar-refractivity contribution in [3.63, 3.8) is 0 Å². The van der Waals surface area contributed by atoms with Crippen LogP contribution in [-0.2, 0) is 0 Å². The molecule has 0 aliphatic carbocycles. The van der Waals surface area contributed by atoms with E-state index in [0.717, 1.165) is 32.7 Å². The van der Waals surface area contributed by atoms with Gasteiger partial charge in [-0.15, -0.1) is 0 Å². The number of rotatable bonds is 2. The summed E-state index contributed by atoms with van der Waals surface area (Å²) >= 11 is 0. The van der Waals surface area contributed by atoms with E-state index in [2.05, 4.69) is 11.8 Å². The van der Waals surface area contributed by atoms with Crippen molar-refractivity contribution in [2.45, 2.75) is 13.3 Å². The summed E-state index contributed by atoms with van der Waals surface area (Å²) in [6.45, 7) is 7.14. The summed E-state index contributed by atoms with van der Waals surface area (Å²) in [7, 11) is 3.61. The predicted octanol–water partition coefficient (Wildman–Crippen LogP) is 0.696. The highest BCUT2D eigenvalue weighted by molar-refractivity contribution is 5.73. The van der Waals surface area contributed by atoms with Crippen LogP contribution in [0.2, 0.25) is 0 Å². The molecule has 1 aliphatic heterocycles. The Morgan fingerprint density at radius 3 is 2.21 bits per heavy atom. The van der Waals surface area contributed by atoms with E-state index in [1.54, 1.807) is 19.0 Å². The molecule has 0 aromatic rings. The maximum absolute atomic E-state index is 11.6.